The molecule has 1 aliphatic rings. The van der Waals surface area contributed by atoms with Gasteiger partial charge < -0.3 is 14.6 Å². The van der Waals surface area contributed by atoms with Crippen LogP contribution in [0.15, 0.2) is 48.5 Å². The van der Waals surface area contributed by atoms with Gasteiger partial charge in [-0.3, -0.25) is 10.1 Å². The normalized spacial score (nSPS) is 16.4. The molecule has 0 fully saturated rings. The molecule has 2 aromatic rings. The Morgan fingerprint density at radius 1 is 1.00 bits per heavy atom. The quantitative estimate of drug-likeness (QED) is 0.728. The zero-order valence-corrected chi connectivity index (χ0v) is 17.4. The van der Waals surface area contributed by atoms with Crippen molar-refractivity contribution < 1.29 is 24.2 Å². The van der Waals surface area contributed by atoms with E-state index >= 15 is 0 Å². The van der Waals surface area contributed by atoms with Gasteiger partial charge in [-0.2, -0.15) is 0 Å². The van der Waals surface area contributed by atoms with Crippen LogP contribution >= 0.6 is 0 Å². The summed E-state index contributed by atoms with van der Waals surface area (Å²) in [5, 5.41) is 13.1. The van der Waals surface area contributed by atoms with Crippen LogP contribution in [0.2, 0.25) is 0 Å². The summed E-state index contributed by atoms with van der Waals surface area (Å²) < 4.78 is 11.1. The van der Waals surface area contributed by atoms with E-state index in [1.807, 2.05) is 69.3 Å². The molecule has 29 heavy (non-hydrogen) atoms. The summed E-state index contributed by atoms with van der Waals surface area (Å²) in [4.78, 5) is 25.4. The Morgan fingerprint density at radius 2 is 1.48 bits per heavy atom. The maximum absolute atomic E-state index is 13.2. The van der Waals surface area contributed by atoms with Gasteiger partial charge in [-0.1, -0.05) is 48.5 Å². The molecule has 0 amide bonds. The zero-order valence-electron chi connectivity index (χ0n) is 17.4. The first kappa shape index (κ1) is 21.0. The van der Waals surface area contributed by atoms with E-state index in [0.29, 0.717) is 11.1 Å². The van der Waals surface area contributed by atoms with Gasteiger partial charge in [0.2, 0.25) is 0 Å². The SMILES string of the molecule is COC(=O)C1(N[C@@H](C(=O)O)[C@H](C)OC(C)(C)C)c2ccccc2-c2ccccc21. The Balaban J connectivity index is 2.18. The minimum atomic E-state index is -1.44. The monoisotopic (exact) mass is 397 g/mol. The van der Waals surface area contributed by atoms with Crippen LogP contribution in [0, 0.1) is 0 Å². The van der Waals surface area contributed by atoms with E-state index in [1.165, 1.54) is 7.11 Å². The smallest absolute Gasteiger partial charge is 0.335 e. The zero-order chi connectivity index (χ0) is 21.4. The number of methoxy groups -OCH3 is 1. The third kappa shape index (κ3) is 3.66. The molecule has 1 aliphatic carbocycles. The van der Waals surface area contributed by atoms with E-state index in [1.54, 1.807) is 6.92 Å². The van der Waals surface area contributed by atoms with Gasteiger partial charge >= 0.3 is 11.9 Å². The van der Waals surface area contributed by atoms with Gasteiger partial charge in [0.05, 0.1) is 18.8 Å². The first-order valence-electron chi connectivity index (χ1n) is 9.58. The first-order valence-corrected chi connectivity index (χ1v) is 9.58. The number of ether oxygens (including phenoxy) is 2. The molecule has 0 radical (unpaired) electrons. The Kier molecular flexibility index (Phi) is 5.52. The topological polar surface area (TPSA) is 84.9 Å². The van der Waals surface area contributed by atoms with Crippen molar-refractivity contribution in [3.05, 3.63) is 59.7 Å². The van der Waals surface area contributed by atoms with Crippen molar-refractivity contribution in [2.24, 2.45) is 0 Å². The number of hydrogen-bond acceptors (Lipinski definition) is 5. The lowest BCUT2D eigenvalue weighted by atomic mass is 9.86. The molecular weight excluding hydrogens is 370 g/mol. The second kappa shape index (κ2) is 7.61. The highest BCUT2D eigenvalue weighted by atomic mass is 16.5. The Labute approximate surface area is 170 Å². The third-order valence-electron chi connectivity index (χ3n) is 5.09. The third-order valence-corrected chi connectivity index (χ3v) is 5.09. The van der Waals surface area contributed by atoms with E-state index in [4.69, 9.17) is 9.47 Å². The fourth-order valence-electron chi connectivity index (χ4n) is 4.06. The molecule has 0 aliphatic heterocycles. The lowest BCUT2D eigenvalue weighted by molar-refractivity contribution is -0.153. The van der Waals surface area contributed by atoms with Gasteiger partial charge in [0.15, 0.2) is 5.54 Å². The van der Waals surface area contributed by atoms with E-state index in [2.05, 4.69) is 5.32 Å². The number of carbonyl (C=O) groups is 2. The van der Waals surface area contributed by atoms with Crippen molar-refractivity contribution in [2.45, 2.75) is 51.0 Å². The molecule has 2 aromatic carbocycles. The van der Waals surface area contributed by atoms with Crippen molar-refractivity contribution >= 4 is 11.9 Å². The highest BCUT2D eigenvalue weighted by Crippen LogP contribution is 2.48. The number of carboxylic acids is 1. The van der Waals surface area contributed by atoms with Gasteiger partial charge in [-0.15, -0.1) is 0 Å². The number of carbonyl (C=O) groups excluding carboxylic acids is 1. The Hall–Kier alpha value is -2.70. The largest absolute Gasteiger partial charge is 0.480 e. The van der Waals surface area contributed by atoms with Crippen molar-refractivity contribution in [3.8, 4) is 11.1 Å². The minimum Gasteiger partial charge on any atom is -0.480 e. The summed E-state index contributed by atoms with van der Waals surface area (Å²) in [6.07, 6.45) is -0.700. The van der Waals surface area contributed by atoms with Crippen molar-refractivity contribution in [2.75, 3.05) is 7.11 Å². The highest BCUT2D eigenvalue weighted by molar-refractivity contribution is 5.98. The number of esters is 1. The molecule has 3 rings (SSSR count). The maximum atomic E-state index is 13.2. The molecule has 0 aromatic heterocycles. The molecule has 2 atom stereocenters. The van der Waals surface area contributed by atoms with E-state index in [-0.39, 0.29) is 0 Å². The fraction of sp³-hybridized carbons (Fsp3) is 0.391. The minimum absolute atomic E-state index is 0.543. The van der Waals surface area contributed by atoms with E-state index in [0.717, 1.165) is 11.1 Å². The number of benzene rings is 2. The molecule has 0 unspecified atom stereocenters. The molecule has 0 bridgehead atoms. The van der Waals surface area contributed by atoms with Crippen molar-refractivity contribution in [1.82, 2.24) is 5.32 Å². The molecule has 0 heterocycles. The van der Waals surface area contributed by atoms with Crippen LogP contribution in [0.1, 0.15) is 38.8 Å². The van der Waals surface area contributed by atoms with Crippen LogP contribution in [-0.2, 0) is 24.6 Å². The average molecular weight is 397 g/mol. The van der Waals surface area contributed by atoms with Crippen molar-refractivity contribution in [3.63, 3.8) is 0 Å². The van der Waals surface area contributed by atoms with Gasteiger partial charge in [-0.25, -0.2) is 4.79 Å². The average Bonchev–Trinajstić information content (AvgIpc) is 2.95. The summed E-state index contributed by atoms with van der Waals surface area (Å²) in [5.41, 5.74) is 1.09. The second-order valence-corrected chi connectivity index (χ2v) is 8.23. The molecule has 0 saturated carbocycles. The summed E-state index contributed by atoms with van der Waals surface area (Å²) >= 11 is 0. The molecule has 6 nitrogen and oxygen atoms in total. The molecular formula is C23H27NO5. The van der Waals surface area contributed by atoms with Gasteiger partial charge in [0, 0.05) is 0 Å². The Bertz CT molecular complexity index is 885. The van der Waals surface area contributed by atoms with Gasteiger partial charge in [0.25, 0.3) is 0 Å². The van der Waals surface area contributed by atoms with Gasteiger partial charge in [-0.05, 0) is 49.9 Å². The first-order chi connectivity index (χ1) is 13.6. The van der Waals surface area contributed by atoms with Crippen LogP contribution in [0.25, 0.3) is 11.1 Å². The molecule has 2 N–H and O–H groups in total. The molecule has 154 valence electrons. The van der Waals surface area contributed by atoms with E-state index in [9.17, 15) is 14.7 Å². The summed E-state index contributed by atoms with van der Waals surface area (Å²) in [5.74, 6) is -1.67. The van der Waals surface area contributed by atoms with Crippen LogP contribution in [0.3, 0.4) is 0 Å². The molecule has 0 saturated heterocycles. The molecule has 6 heteroatoms. The van der Waals surface area contributed by atoms with E-state index < -0.39 is 35.2 Å². The highest BCUT2D eigenvalue weighted by Gasteiger charge is 2.53. The maximum Gasteiger partial charge on any atom is 0.335 e. The fourth-order valence-corrected chi connectivity index (χ4v) is 4.06. The lowest BCUT2D eigenvalue weighted by Crippen LogP contribution is -2.60. The summed E-state index contributed by atoms with van der Waals surface area (Å²) in [6, 6.07) is 13.8. The summed E-state index contributed by atoms with van der Waals surface area (Å²) in [7, 11) is 1.31. The van der Waals surface area contributed by atoms with Gasteiger partial charge in [0.1, 0.15) is 6.04 Å². The predicted octanol–water partition coefficient (Wildman–Crippen LogP) is 3.33. The number of nitrogens with one attached hydrogen (secondary N) is 1. The number of carboxylic acid groups (broad SMARTS) is 1. The number of hydrogen-bond donors (Lipinski definition) is 2. The van der Waals surface area contributed by atoms with Crippen LogP contribution in [0.5, 0.6) is 0 Å². The van der Waals surface area contributed by atoms with Crippen LogP contribution in [-0.4, -0.2) is 41.9 Å². The van der Waals surface area contributed by atoms with Crippen LogP contribution in [0.4, 0.5) is 0 Å². The number of aliphatic carboxylic acids is 1. The van der Waals surface area contributed by atoms with Crippen LogP contribution < -0.4 is 5.32 Å². The predicted molar refractivity (Wildman–Crippen MR) is 110 cm³/mol. The van der Waals surface area contributed by atoms with Crippen molar-refractivity contribution in [1.29, 1.82) is 0 Å². The number of fused-ring (bicyclic) bond motifs is 3. The molecule has 0 spiro atoms. The standard InChI is InChI=1S/C23H27NO5/c1-14(29-22(2,3)4)19(20(25)26)24-23(21(27)28-5)17-12-8-6-10-15(17)16-11-7-9-13-18(16)23/h6-14,19,24H,1-5H3,(H,25,26)/t14-,19+/m0/s1. The summed E-state index contributed by atoms with van der Waals surface area (Å²) in [6.45, 7) is 7.27. The lowest BCUT2D eigenvalue weighted by Gasteiger charge is -2.36. The number of rotatable bonds is 6. The Morgan fingerprint density at radius 3 is 1.90 bits per heavy atom. The second-order valence-electron chi connectivity index (χ2n) is 8.23.